The molecule has 1 atom stereocenters. The van der Waals surface area contributed by atoms with E-state index in [-0.39, 0.29) is 18.3 Å². The Bertz CT molecular complexity index is 566. The number of hydrogen-bond donors (Lipinski definition) is 2. The monoisotopic (exact) mass is 297 g/mol. The lowest BCUT2D eigenvalue weighted by Gasteiger charge is -2.10. The molecular formula is C13H16ClN3OS. The number of benzene rings is 1. The number of hydrogen-bond acceptors (Lipinski definition) is 4. The van der Waals surface area contributed by atoms with Gasteiger partial charge in [-0.15, -0.1) is 23.7 Å². The zero-order valence-corrected chi connectivity index (χ0v) is 12.0. The maximum atomic E-state index is 11.9. The molecule has 1 aliphatic rings. The van der Waals surface area contributed by atoms with E-state index in [2.05, 4.69) is 15.6 Å². The van der Waals surface area contributed by atoms with Gasteiger partial charge in [0.25, 0.3) is 0 Å². The molecule has 1 saturated heterocycles. The smallest absolute Gasteiger partial charge is 0.225 e. The van der Waals surface area contributed by atoms with Crippen LogP contribution in [-0.2, 0) is 4.79 Å². The molecule has 0 radical (unpaired) electrons. The number of carbonyl (C=O) groups is 1. The Balaban J connectivity index is 0.00000133. The Kier molecular flexibility index (Phi) is 4.74. The molecule has 0 spiro atoms. The van der Waals surface area contributed by atoms with Crippen LogP contribution in [0.4, 0.5) is 5.69 Å². The number of thiazole rings is 1. The van der Waals surface area contributed by atoms with Crippen LogP contribution >= 0.6 is 23.7 Å². The predicted octanol–water partition coefficient (Wildman–Crippen LogP) is 2.80. The molecule has 19 heavy (non-hydrogen) atoms. The molecule has 1 unspecified atom stereocenters. The summed E-state index contributed by atoms with van der Waals surface area (Å²) < 4.78 is 1.14. The van der Waals surface area contributed by atoms with Crippen LogP contribution in [0, 0.1) is 0 Å². The highest BCUT2D eigenvalue weighted by molar-refractivity contribution is 7.16. The van der Waals surface area contributed by atoms with E-state index >= 15 is 0 Å². The Hall–Kier alpha value is -1.17. The number of fused-ring (bicyclic) bond motifs is 1. The Labute approximate surface area is 122 Å². The summed E-state index contributed by atoms with van der Waals surface area (Å²) >= 11 is 1.61. The summed E-state index contributed by atoms with van der Waals surface area (Å²) in [6, 6.07) is 6.19. The predicted molar refractivity (Wildman–Crippen MR) is 81.1 cm³/mol. The molecule has 2 aromatic rings. The van der Waals surface area contributed by atoms with Gasteiger partial charge in [0.1, 0.15) is 0 Å². The van der Waals surface area contributed by atoms with Crippen LogP contribution in [0.2, 0.25) is 0 Å². The minimum Gasteiger partial charge on any atom is -0.326 e. The summed E-state index contributed by atoms with van der Waals surface area (Å²) in [5, 5.41) is 6.26. The van der Waals surface area contributed by atoms with Crippen molar-refractivity contribution >= 4 is 45.6 Å². The van der Waals surface area contributed by atoms with Crippen LogP contribution in [0.1, 0.15) is 19.3 Å². The first-order chi connectivity index (χ1) is 8.81. The number of nitrogens with one attached hydrogen (secondary N) is 2. The van der Waals surface area contributed by atoms with Crippen LogP contribution < -0.4 is 10.6 Å². The van der Waals surface area contributed by atoms with Gasteiger partial charge in [-0.25, -0.2) is 4.98 Å². The molecule has 4 nitrogen and oxygen atoms in total. The second-order valence-electron chi connectivity index (χ2n) is 4.58. The van der Waals surface area contributed by atoms with Crippen molar-refractivity contribution in [2.75, 3.05) is 11.9 Å². The first-order valence-electron chi connectivity index (χ1n) is 6.18. The molecule has 3 rings (SSSR count). The summed E-state index contributed by atoms with van der Waals surface area (Å²) in [5.74, 6) is 0.0731. The van der Waals surface area contributed by atoms with Crippen molar-refractivity contribution in [2.24, 2.45) is 0 Å². The van der Waals surface area contributed by atoms with Gasteiger partial charge in [-0.05, 0) is 37.6 Å². The molecule has 1 aliphatic heterocycles. The van der Waals surface area contributed by atoms with Crippen molar-refractivity contribution in [3.63, 3.8) is 0 Å². The zero-order valence-electron chi connectivity index (χ0n) is 10.4. The molecule has 0 saturated carbocycles. The van der Waals surface area contributed by atoms with E-state index < -0.39 is 0 Å². The van der Waals surface area contributed by atoms with Crippen molar-refractivity contribution in [1.29, 1.82) is 0 Å². The first-order valence-corrected chi connectivity index (χ1v) is 7.06. The molecule has 6 heteroatoms. The van der Waals surface area contributed by atoms with Gasteiger partial charge < -0.3 is 10.6 Å². The molecule has 2 heterocycles. The fraction of sp³-hybridized carbons (Fsp3) is 0.385. The average Bonchev–Trinajstić information content (AvgIpc) is 2.98. The lowest BCUT2D eigenvalue weighted by molar-refractivity contribution is -0.116. The molecule has 1 fully saturated rings. The van der Waals surface area contributed by atoms with Crippen LogP contribution in [-0.4, -0.2) is 23.5 Å². The van der Waals surface area contributed by atoms with Gasteiger partial charge in [0.2, 0.25) is 5.91 Å². The maximum absolute atomic E-state index is 11.9. The van der Waals surface area contributed by atoms with Crippen LogP contribution in [0.5, 0.6) is 0 Å². The summed E-state index contributed by atoms with van der Waals surface area (Å²) in [6.07, 6.45) is 2.82. The summed E-state index contributed by atoms with van der Waals surface area (Å²) in [5.41, 5.74) is 3.59. The van der Waals surface area contributed by atoms with Crippen LogP contribution in [0.15, 0.2) is 23.7 Å². The lowest BCUT2D eigenvalue weighted by atomic mass is 10.1. The van der Waals surface area contributed by atoms with Crippen molar-refractivity contribution in [3.05, 3.63) is 23.7 Å². The third-order valence-electron chi connectivity index (χ3n) is 3.21. The Morgan fingerprint density at radius 2 is 2.42 bits per heavy atom. The van der Waals surface area contributed by atoms with Gasteiger partial charge in [-0.2, -0.15) is 0 Å². The largest absolute Gasteiger partial charge is 0.326 e. The first kappa shape index (κ1) is 14.2. The third-order valence-corrected chi connectivity index (χ3v) is 4.02. The number of halogens is 1. The maximum Gasteiger partial charge on any atom is 0.225 e. The second-order valence-corrected chi connectivity index (χ2v) is 5.47. The van der Waals surface area contributed by atoms with Crippen molar-refractivity contribution in [3.8, 4) is 0 Å². The van der Waals surface area contributed by atoms with E-state index in [9.17, 15) is 4.79 Å². The number of anilines is 1. The highest BCUT2D eigenvalue weighted by atomic mass is 35.5. The van der Waals surface area contributed by atoms with E-state index in [1.165, 1.54) is 6.42 Å². The summed E-state index contributed by atoms with van der Waals surface area (Å²) in [4.78, 5) is 16.1. The number of amides is 1. The van der Waals surface area contributed by atoms with Crippen LogP contribution in [0.3, 0.4) is 0 Å². The normalized spacial score (nSPS) is 18.2. The van der Waals surface area contributed by atoms with Gasteiger partial charge in [0.05, 0.1) is 15.7 Å². The molecule has 2 N–H and O–H groups in total. The van der Waals surface area contributed by atoms with E-state index in [0.29, 0.717) is 12.5 Å². The van der Waals surface area contributed by atoms with E-state index in [1.807, 2.05) is 23.7 Å². The molecule has 0 bridgehead atoms. The molecule has 102 valence electrons. The Morgan fingerprint density at radius 1 is 1.53 bits per heavy atom. The third kappa shape index (κ3) is 3.43. The molecule has 1 aromatic heterocycles. The topological polar surface area (TPSA) is 54.0 Å². The molecule has 1 aromatic carbocycles. The standard InChI is InChI=1S/C13H15N3OS.ClH/c17-13(7-9-2-1-5-14-9)16-10-3-4-12-11(6-10)15-8-18-12;/h3-4,6,8-9,14H,1-2,5,7H2,(H,16,17);1H. The minimum absolute atomic E-state index is 0. The number of carbonyl (C=O) groups excluding carboxylic acids is 1. The van der Waals surface area contributed by atoms with E-state index in [0.717, 1.165) is 28.9 Å². The second kappa shape index (κ2) is 6.32. The van der Waals surface area contributed by atoms with Gasteiger partial charge in [0, 0.05) is 18.2 Å². The van der Waals surface area contributed by atoms with Crippen molar-refractivity contribution in [2.45, 2.75) is 25.3 Å². The average molecular weight is 298 g/mol. The van der Waals surface area contributed by atoms with Gasteiger partial charge in [0.15, 0.2) is 0 Å². The Morgan fingerprint density at radius 3 is 3.21 bits per heavy atom. The van der Waals surface area contributed by atoms with E-state index in [1.54, 1.807) is 11.3 Å². The summed E-state index contributed by atoms with van der Waals surface area (Å²) in [6.45, 7) is 1.03. The minimum atomic E-state index is 0. The lowest BCUT2D eigenvalue weighted by Crippen LogP contribution is -2.27. The number of nitrogens with zero attached hydrogens (tertiary/aromatic N) is 1. The highest BCUT2D eigenvalue weighted by Gasteiger charge is 2.17. The molecule has 1 amide bonds. The van der Waals surface area contributed by atoms with Gasteiger partial charge in [-0.3, -0.25) is 4.79 Å². The number of aromatic nitrogens is 1. The van der Waals surface area contributed by atoms with Crippen LogP contribution in [0.25, 0.3) is 10.2 Å². The van der Waals surface area contributed by atoms with Crippen molar-refractivity contribution < 1.29 is 4.79 Å². The fourth-order valence-corrected chi connectivity index (χ4v) is 2.96. The van der Waals surface area contributed by atoms with E-state index in [4.69, 9.17) is 0 Å². The van der Waals surface area contributed by atoms with Gasteiger partial charge >= 0.3 is 0 Å². The quantitative estimate of drug-likeness (QED) is 0.916. The summed E-state index contributed by atoms with van der Waals surface area (Å²) in [7, 11) is 0. The number of rotatable bonds is 3. The molecular weight excluding hydrogens is 282 g/mol. The highest BCUT2D eigenvalue weighted by Crippen LogP contribution is 2.21. The van der Waals surface area contributed by atoms with Crippen molar-refractivity contribution in [1.82, 2.24) is 10.3 Å². The molecule has 0 aliphatic carbocycles. The SMILES string of the molecule is Cl.O=C(CC1CCCN1)Nc1ccc2scnc2c1. The van der Waals surface area contributed by atoms with Gasteiger partial charge in [-0.1, -0.05) is 0 Å². The fourth-order valence-electron chi connectivity index (χ4n) is 2.30. The zero-order chi connectivity index (χ0) is 12.4.